The summed E-state index contributed by atoms with van der Waals surface area (Å²) >= 11 is 5.85. The maximum Gasteiger partial charge on any atom is 0.243 e. The number of carbonyl (C=O) groups is 1. The third kappa shape index (κ3) is 6.43. The van der Waals surface area contributed by atoms with E-state index in [1.807, 2.05) is 12.1 Å². The van der Waals surface area contributed by atoms with E-state index in [2.05, 4.69) is 5.32 Å². The van der Waals surface area contributed by atoms with E-state index in [9.17, 15) is 13.2 Å². The number of hydrogen-bond donors (Lipinski definition) is 1. The first-order valence-corrected chi connectivity index (χ1v) is 11.6. The molecule has 30 heavy (non-hydrogen) atoms. The molecule has 2 aromatic carbocycles. The Bertz CT molecular complexity index is 927. The van der Waals surface area contributed by atoms with E-state index in [4.69, 9.17) is 21.1 Å². The van der Waals surface area contributed by atoms with Crippen LogP contribution in [0, 0.1) is 0 Å². The highest BCUT2D eigenvalue weighted by atomic mass is 35.5. The zero-order chi connectivity index (χ0) is 21.4. The van der Waals surface area contributed by atoms with E-state index in [1.54, 1.807) is 24.3 Å². The van der Waals surface area contributed by atoms with Gasteiger partial charge < -0.3 is 14.8 Å². The first-order valence-electron chi connectivity index (χ1n) is 9.77. The normalized spacial score (nSPS) is 15.0. The van der Waals surface area contributed by atoms with Crippen LogP contribution in [0.25, 0.3) is 0 Å². The van der Waals surface area contributed by atoms with Crippen molar-refractivity contribution >= 4 is 27.5 Å². The highest BCUT2D eigenvalue weighted by molar-refractivity contribution is 7.89. The van der Waals surface area contributed by atoms with Gasteiger partial charge in [-0.1, -0.05) is 23.7 Å². The van der Waals surface area contributed by atoms with Crippen LogP contribution in [0.3, 0.4) is 0 Å². The molecule has 0 bridgehead atoms. The number of halogens is 1. The van der Waals surface area contributed by atoms with Crippen molar-refractivity contribution in [1.29, 1.82) is 0 Å². The fraction of sp³-hybridized carbons (Fsp3) is 0.381. The molecule has 0 radical (unpaired) electrons. The second-order valence-electron chi connectivity index (χ2n) is 6.81. The van der Waals surface area contributed by atoms with Crippen molar-refractivity contribution in [3.8, 4) is 5.75 Å². The fourth-order valence-corrected chi connectivity index (χ4v) is 4.53. The molecule has 0 atom stereocenters. The topological polar surface area (TPSA) is 84.9 Å². The fourth-order valence-electron chi connectivity index (χ4n) is 3.00. The van der Waals surface area contributed by atoms with Crippen LogP contribution in [0.5, 0.6) is 5.75 Å². The minimum absolute atomic E-state index is 0.0551. The Morgan fingerprint density at radius 1 is 1.07 bits per heavy atom. The molecular weight excluding hydrogens is 428 g/mol. The highest BCUT2D eigenvalue weighted by Gasteiger charge is 2.26. The Labute approximate surface area is 182 Å². The summed E-state index contributed by atoms with van der Waals surface area (Å²) in [7, 11) is -3.51. The molecule has 1 N–H and O–H groups in total. The van der Waals surface area contributed by atoms with Crippen LogP contribution >= 0.6 is 11.6 Å². The molecule has 1 heterocycles. The number of amides is 1. The van der Waals surface area contributed by atoms with Gasteiger partial charge in [0.25, 0.3) is 0 Å². The van der Waals surface area contributed by atoms with Crippen molar-refractivity contribution in [2.24, 2.45) is 0 Å². The van der Waals surface area contributed by atoms with Gasteiger partial charge in [0.15, 0.2) is 0 Å². The average Bonchev–Trinajstić information content (AvgIpc) is 2.77. The quantitative estimate of drug-likeness (QED) is 0.591. The lowest BCUT2D eigenvalue weighted by Gasteiger charge is -2.26. The predicted octanol–water partition coefficient (Wildman–Crippen LogP) is 2.49. The number of carbonyl (C=O) groups excluding carboxylic acids is 1. The van der Waals surface area contributed by atoms with E-state index >= 15 is 0 Å². The third-order valence-corrected chi connectivity index (χ3v) is 6.84. The second kappa shape index (κ2) is 10.8. The van der Waals surface area contributed by atoms with Crippen molar-refractivity contribution in [2.45, 2.75) is 17.7 Å². The number of nitrogens with zero attached hydrogens (tertiary/aromatic N) is 1. The van der Waals surface area contributed by atoms with Gasteiger partial charge in [-0.15, -0.1) is 0 Å². The van der Waals surface area contributed by atoms with Crippen LogP contribution in [0.1, 0.15) is 12.0 Å². The summed E-state index contributed by atoms with van der Waals surface area (Å²) in [6, 6.07) is 13.7. The number of sulfonamides is 1. The molecule has 0 aliphatic carbocycles. The first kappa shape index (κ1) is 22.6. The molecule has 0 aromatic heterocycles. The van der Waals surface area contributed by atoms with Crippen LogP contribution in [0.2, 0.25) is 5.02 Å². The Morgan fingerprint density at radius 3 is 2.40 bits per heavy atom. The Kier molecular flexibility index (Phi) is 8.09. The number of hydrogen-bond acceptors (Lipinski definition) is 5. The molecule has 0 saturated carbocycles. The second-order valence-corrected chi connectivity index (χ2v) is 9.19. The maximum absolute atomic E-state index is 12.6. The molecule has 1 amide bonds. The molecular formula is C21H25ClN2O5S. The number of ether oxygens (including phenoxy) is 2. The van der Waals surface area contributed by atoms with Gasteiger partial charge in [0.1, 0.15) is 12.4 Å². The average molecular weight is 453 g/mol. The molecule has 7 nitrogen and oxygen atoms in total. The number of benzene rings is 2. The smallest absolute Gasteiger partial charge is 0.243 e. The van der Waals surface area contributed by atoms with Gasteiger partial charge in [-0.3, -0.25) is 4.79 Å². The van der Waals surface area contributed by atoms with Gasteiger partial charge in [0.05, 0.1) is 24.7 Å². The molecule has 2 aromatic rings. The lowest BCUT2D eigenvalue weighted by molar-refractivity contribution is -0.121. The van der Waals surface area contributed by atoms with Crippen molar-refractivity contribution in [2.75, 3.05) is 39.5 Å². The largest absolute Gasteiger partial charge is 0.492 e. The number of nitrogens with one attached hydrogen (secondary N) is 1. The van der Waals surface area contributed by atoms with Crippen LogP contribution in [0.4, 0.5) is 0 Å². The van der Waals surface area contributed by atoms with E-state index in [-0.39, 0.29) is 10.8 Å². The predicted molar refractivity (Wildman–Crippen MR) is 114 cm³/mol. The Morgan fingerprint density at radius 2 is 1.73 bits per heavy atom. The third-order valence-electron chi connectivity index (χ3n) is 4.68. The number of aryl methyl sites for hydroxylation is 1. The Hall–Kier alpha value is -2.13. The van der Waals surface area contributed by atoms with Gasteiger partial charge in [0, 0.05) is 24.5 Å². The van der Waals surface area contributed by atoms with Gasteiger partial charge in [0.2, 0.25) is 15.9 Å². The molecule has 3 rings (SSSR count). The molecule has 1 saturated heterocycles. The monoisotopic (exact) mass is 452 g/mol. The van der Waals surface area contributed by atoms with Crippen LogP contribution in [0.15, 0.2) is 53.4 Å². The van der Waals surface area contributed by atoms with Crippen LogP contribution < -0.4 is 10.1 Å². The van der Waals surface area contributed by atoms with Crippen molar-refractivity contribution in [1.82, 2.24) is 9.62 Å². The summed E-state index contributed by atoms with van der Waals surface area (Å²) in [5, 5.41) is 3.48. The standard InChI is InChI=1S/C21H25ClN2O5S/c22-18-4-1-17(2-5-18)3-10-21(25)23-11-14-29-19-6-8-20(9-7-19)30(26,27)24-12-15-28-16-13-24/h1-2,4-9H,3,10-16H2,(H,23,25). The minimum atomic E-state index is -3.51. The lowest BCUT2D eigenvalue weighted by Crippen LogP contribution is -2.40. The Balaban J connectivity index is 1.38. The zero-order valence-electron chi connectivity index (χ0n) is 16.6. The number of rotatable bonds is 9. The maximum atomic E-state index is 12.6. The van der Waals surface area contributed by atoms with Gasteiger partial charge in [-0.25, -0.2) is 8.42 Å². The number of morpholine rings is 1. The first-order chi connectivity index (χ1) is 14.4. The molecule has 0 unspecified atom stereocenters. The van der Waals surface area contributed by atoms with Gasteiger partial charge in [-0.2, -0.15) is 4.31 Å². The minimum Gasteiger partial charge on any atom is -0.492 e. The van der Waals surface area contributed by atoms with E-state index in [0.717, 1.165) is 5.56 Å². The summed E-state index contributed by atoms with van der Waals surface area (Å²) in [6.45, 7) is 2.20. The van der Waals surface area contributed by atoms with Crippen molar-refractivity contribution < 1.29 is 22.7 Å². The van der Waals surface area contributed by atoms with E-state index in [1.165, 1.54) is 16.4 Å². The zero-order valence-corrected chi connectivity index (χ0v) is 18.1. The summed E-state index contributed by atoms with van der Waals surface area (Å²) in [4.78, 5) is 12.2. The molecule has 9 heteroatoms. The summed E-state index contributed by atoms with van der Waals surface area (Å²) < 4.78 is 37.4. The van der Waals surface area contributed by atoms with E-state index < -0.39 is 10.0 Å². The van der Waals surface area contributed by atoms with Gasteiger partial charge >= 0.3 is 0 Å². The lowest BCUT2D eigenvalue weighted by atomic mass is 10.1. The highest BCUT2D eigenvalue weighted by Crippen LogP contribution is 2.20. The molecule has 1 aliphatic rings. The van der Waals surface area contributed by atoms with Crippen molar-refractivity contribution in [3.05, 3.63) is 59.1 Å². The van der Waals surface area contributed by atoms with Gasteiger partial charge in [-0.05, 0) is 48.4 Å². The molecule has 0 spiro atoms. The molecule has 1 fully saturated rings. The summed E-state index contributed by atoms with van der Waals surface area (Å²) in [6.07, 6.45) is 1.03. The van der Waals surface area contributed by atoms with Crippen LogP contribution in [-0.2, 0) is 26.0 Å². The summed E-state index contributed by atoms with van der Waals surface area (Å²) in [5.41, 5.74) is 1.05. The van der Waals surface area contributed by atoms with E-state index in [0.29, 0.717) is 63.1 Å². The van der Waals surface area contributed by atoms with Crippen molar-refractivity contribution in [3.63, 3.8) is 0 Å². The molecule has 1 aliphatic heterocycles. The SMILES string of the molecule is O=C(CCc1ccc(Cl)cc1)NCCOc1ccc(S(=O)(=O)N2CCOCC2)cc1. The van der Waals surface area contributed by atoms with Crippen LogP contribution in [-0.4, -0.2) is 58.1 Å². The molecule has 162 valence electrons. The summed E-state index contributed by atoms with van der Waals surface area (Å²) in [5.74, 6) is 0.492.